The molecule has 1 fully saturated rings. The summed E-state index contributed by atoms with van der Waals surface area (Å²) >= 11 is 0. The highest BCUT2D eigenvalue weighted by atomic mass is 19.4. The van der Waals surface area contributed by atoms with Gasteiger partial charge in [-0.2, -0.15) is 13.2 Å². The van der Waals surface area contributed by atoms with Gasteiger partial charge in [0.1, 0.15) is 0 Å². The van der Waals surface area contributed by atoms with Crippen molar-refractivity contribution in [2.24, 2.45) is 0 Å². The molecule has 1 rings (SSSR count). The Labute approximate surface area is 130 Å². The van der Waals surface area contributed by atoms with Crippen molar-refractivity contribution < 1.29 is 44.1 Å². The zero-order chi connectivity index (χ0) is 18.4. The van der Waals surface area contributed by atoms with E-state index in [2.05, 4.69) is 13.8 Å². The maximum Gasteiger partial charge on any atom is 0.558 e. The van der Waals surface area contributed by atoms with Gasteiger partial charge < -0.3 is 22.2 Å². The smallest absolute Gasteiger partial charge is 0.445 e. The van der Waals surface area contributed by atoms with E-state index in [-0.39, 0.29) is 0 Å². The van der Waals surface area contributed by atoms with Crippen LogP contribution in [-0.2, 0) is 4.74 Å². The molecule has 1 aliphatic rings. The first-order chi connectivity index (χ1) is 10.3. The molecule has 0 atom stereocenters. The molecule has 23 heavy (non-hydrogen) atoms. The summed E-state index contributed by atoms with van der Waals surface area (Å²) in [6.07, 6.45) is -2.47. The van der Waals surface area contributed by atoms with Crippen molar-refractivity contribution in [1.82, 2.24) is 0 Å². The van der Waals surface area contributed by atoms with E-state index in [1.807, 2.05) is 0 Å². The third kappa shape index (κ3) is 6.44. The van der Waals surface area contributed by atoms with Crippen LogP contribution in [0.5, 0.6) is 0 Å². The second kappa shape index (κ2) is 8.50. The fraction of sp³-hybridized carbons (Fsp3) is 1.00. The van der Waals surface area contributed by atoms with Gasteiger partial charge in [0.05, 0.1) is 19.6 Å². The minimum Gasteiger partial charge on any atom is -0.445 e. The monoisotopic (exact) mass is 359 g/mol. The van der Waals surface area contributed by atoms with Crippen LogP contribution in [0.3, 0.4) is 0 Å². The second-order valence-electron chi connectivity index (χ2n) is 5.54. The van der Waals surface area contributed by atoms with E-state index in [0.717, 1.165) is 13.3 Å². The molecule has 0 bridgehead atoms. The molecule has 0 aromatic carbocycles. The van der Waals surface area contributed by atoms with Crippen LogP contribution in [-0.4, -0.2) is 56.4 Å². The molecule has 0 N–H and O–H groups in total. The van der Waals surface area contributed by atoms with Crippen LogP contribution in [0.15, 0.2) is 0 Å². The highest BCUT2D eigenvalue weighted by Crippen LogP contribution is 2.44. The van der Waals surface area contributed by atoms with Crippen molar-refractivity contribution >= 4 is 6.98 Å². The molecule has 0 spiro atoms. The molecule has 0 saturated carbocycles. The van der Waals surface area contributed by atoms with Gasteiger partial charge in [0.2, 0.25) is 0 Å². The van der Waals surface area contributed by atoms with Gasteiger partial charge in [-0.3, -0.25) is 0 Å². The molecule has 11 heteroatoms. The number of hydrogen-bond acceptors (Lipinski definition) is 1. The Balaban J connectivity index is 0.000000423. The fourth-order valence-corrected chi connectivity index (χ4v) is 2.37. The Hall–Kier alpha value is -0.575. The number of quaternary nitrogens is 1. The van der Waals surface area contributed by atoms with Crippen molar-refractivity contribution in [2.45, 2.75) is 45.1 Å². The van der Waals surface area contributed by atoms with E-state index >= 15 is 0 Å². The summed E-state index contributed by atoms with van der Waals surface area (Å²) in [7, 11) is 0. The average Bonchev–Trinajstić information content (AvgIpc) is 2.84. The van der Waals surface area contributed by atoms with Crippen LogP contribution in [0.4, 0.5) is 34.9 Å². The Morgan fingerprint density at radius 1 is 0.957 bits per heavy atom. The zero-order valence-corrected chi connectivity index (χ0v) is 13.1. The molecule has 0 unspecified atom stereocenters. The zero-order valence-electron chi connectivity index (χ0n) is 13.1. The molecule has 0 radical (unpaired) electrons. The normalized spacial score (nSPS) is 18.5. The predicted molar refractivity (Wildman–Crippen MR) is 71.0 cm³/mol. The Kier molecular flexibility index (Phi) is 8.29. The topological polar surface area (TPSA) is 9.23 Å². The summed E-state index contributed by atoms with van der Waals surface area (Å²) in [4.78, 5) is 0. The third-order valence-corrected chi connectivity index (χ3v) is 3.57. The van der Waals surface area contributed by atoms with E-state index in [1.54, 1.807) is 0 Å². The molecule has 2 nitrogen and oxygen atoms in total. The molecule has 140 valence electrons. The van der Waals surface area contributed by atoms with Gasteiger partial charge >= 0.3 is 19.0 Å². The first-order valence-corrected chi connectivity index (χ1v) is 7.39. The molecule has 0 amide bonds. The van der Waals surface area contributed by atoms with E-state index in [1.165, 1.54) is 43.4 Å². The highest BCUT2D eigenvalue weighted by Gasteiger charge is 2.69. The van der Waals surface area contributed by atoms with Gasteiger partial charge in [-0.05, 0) is 13.3 Å². The number of alkyl halides is 5. The van der Waals surface area contributed by atoms with E-state index < -0.39 is 19.0 Å². The lowest BCUT2D eigenvalue weighted by Gasteiger charge is -2.33. The average molecular weight is 359 g/mol. The number of nitrogens with zero attached hydrogens (tertiary/aromatic N) is 1. The molecule has 1 saturated heterocycles. The third-order valence-electron chi connectivity index (χ3n) is 3.57. The standard InChI is InChI=1S/C10H22NO.C2BF8/c1-3-7-11(10-12-4-2)8-5-6-9-11;4-1(5,2(6,7)8)3(9,10)11/h3-10H2,1-2H3;/q+1;-1. The fourth-order valence-electron chi connectivity index (χ4n) is 2.37. The lowest BCUT2D eigenvalue weighted by molar-refractivity contribution is -0.935. The predicted octanol–water partition coefficient (Wildman–Crippen LogP) is 4.57. The number of halogens is 8. The lowest BCUT2D eigenvalue weighted by Crippen LogP contribution is -2.53. The maximum absolute atomic E-state index is 11.2. The van der Waals surface area contributed by atoms with Crippen LogP contribution in [0.2, 0.25) is 0 Å². The van der Waals surface area contributed by atoms with Crippen molar-refractivity contribution in [3.63, 3.8) is 0 Å². The van der Waals surface area contributed by atoms with E-state index in [4.69, 9.17) is 4.74 Å². The Morgan fingerprint density at radius 3 is 1.70 bits per heavy atom. The first kappa shape index (κ1) is 22.4. The molecule has 0 aromatic rings. The summed E-state index contributed by atoms with van der Waals surface area (Å²) in [5.74, 6) is -6.56. The van der Waals surface area contributed by atoms with Crippen LogP contribution >= 0.6 is 0 Å². The van der Waals surface area contributed by atoms with Gasteiger partial charge in [-0.25, -0.2) is 8.78 Å². The van der Waals surface area contributed by atoms with Crippen molar-refractivity contribution in [3.8, 4) is 0 Å². The summed E-state index contributed by atoms with van der Waals surface area (Å²) < 4.78 is 94.6. The van der Waals surface area contributed by atoms with Gasteiger partial charge in [0.25, 0.3) is 0 Å². The minimum atomic E-state index is -7.21. The number of hydrogen-bond donors (Lipinski definition) is 0. The molecular formula is C12H22BF8NO. The van der Waals surface area contributed by atoms with Gasteiger partial charge in [0, 0.05) is 19.4 Å². The Morgan fingerprint density at radius 2 is 1.43 bits per heavy atom. The molecular weight excluding hydrogens is 337 g/mol. The van der Waals surface area contributed by atoms with Crippen molar-refractivity contribution in [1.29, 1.82) is 0 Å². The van der Waals surface area contributed by atoms with Crippen molar-refractivity contribution in [3.05, 3.63) is 0 Å². The quantitative estimate of drug-likeness (QED) is 0.384. The lowest BCUT2D eigenvalue weighted by atomic mass is 9.80. The number of ether oxygens (including phenoxy) is 1. The SMILES string of the molecule is CCC[N+]1(COCC)CCCC1.F[B-](F)(F)C(F)(F)C(F)(F)F. The highest BCUT2D eigenvalue weighted by molar-refractivity contribution is 6.61. The van der Waals surface area contributed by atoms with Crippen LogP contribution in [0.25, 0.3) is 0 Å². The van der Waals surface area contributed by atoms with Crippen LogP contribution in [0.1, 0.15) is 33.1 Å². The molecule has 1 heterocycles. The van der Waals surface area contributed by atoms with Gasteiger partial charge in [0.15, 0.2) is 6.73 Å². The van der Waals surface area contributed by atoms with Gasteiger partial charge in [-0.15, -0.1) is 0 Å². The van der Waals surface area contributed by atoms with Gasteiger partial charge in [-0.1, -0.05) is 6.92 Å². The summed E-state index contributed by atoms with van der Waals surface area (Å²) in [5.41, 5.74) is 0. The number of rotatable bonds is 6. The Bertz CT molecular complexity index is 323. The summed E-state index contributed by atoms with van der Waals surface area (Å²) in [6, 6.07) is 0. The van der Waals surface area contributed by atoms with E-state index in [9.17, 15) is 34.9 Å². The second-order valence-corrected chi connectivity index (χ2v) is 5.54. The molecule has 1 aliphatic heterocycles. The number of likely N-dealkylation sites (tertiary alicyclic amines) is 1. The largest absolute Gasteiger partial charge is 0.558 e. The van der Waals surface area contributed by atoms with Crippen LogP contribution in [0, 0.1) is 0 Å². The molecule has 0 aromatic heterocycles. The summed E-state index contributed by atoms with van der Waals surface area (Å²) in [6.45, 7) is 2.94. The van der Waals surface area contributed by atoms with Crippen molar-refractivity contribution in [2.75, 3.05) is 33.0 Å². The van der Waals surface area contributed by atoms with E-state index in [0.29, 0.717) is 0 Å². The van der Waals surface area contributed by atoms with Crippen LogP contribution < -0.4 is 0 Å². The molecule has 0 aliphatic carbocycles. The first-order valence-electron chi connectivity index (χ1n) is 7.39. The maximum atomic E-state index is 11.2. The summed E-state index contributed by atoms with van der Waals surface area (Å²) in [5, 5.41) is 0. The minimum absolute atomic E-state index is 0.865.